The van der Waals surface area contributed by atoms with Crippen molar-refractivity contribution in [2.75, 3.05) is 33.1 Å². The Kier molecular flexibility index (Phi) is 5.02. The Bertz CT molecular complexity index is 903. The second kappa shape index (κ2) is 7.40. The van der Waals surface area contributed by atoms with Gasteiger partial charge in [0.15, 0.2) is 12.5 Å². The van der Waals surface area contributed by atoms with Crippen LogP contribution in [-0.4, -0.2) is 67.2 Å². The van der Waals surface area contributed by atoms with Crippen LogP contribution in [0.15, 0.2) is 41.1 Å². The van der Waals surface area contributed by atoms with Crippen LogP contribution in [0.1, 0.15) is 0 Å². The van der Waals surface area contributed by atoms with Crippen molar-refractivity contribution >= 4 is 35.6 Å². The third kappa shape index (κ3) is 3.43. The third-order valence-electron chi connectivity index (χ3n) is 4.25. The van der Waals surface area contributed by atoms with Crippen molar-refractivity contribution in [3.8, 4) is 5.75 Å². The van der Waals surface area contributed by atoms with Crippen LogP contribution in [-0.2, 0) is 14.3 Å². The highest BCUT2D eigenvalue weighted by molar-refractivity contribution is 6.16. The molecule has 0 fully saturated rings. The van der Waals surface area contributed by atoms with Gasteiger partial charge in [-0.15, -0.1) is 4.99 Å². The van der Waals surface area contributed by atoms with Gasteiger partial charge in [-0.3, -0.25) is 9.59 Å². The summed E-state index contributed by atoms with van der Waals surface area (Å²) in [6, 6.07) is 6.15. The van der Waals surface area contributed by atoms with Gasteiger partial charge in [-0.25, -0.2) is 4.79 Å². The molecule has 1 aromatic rings. The molecule has 0 radical (unpaired) electrons. The molecule has 3 rings (SSSR count). The Labute approximate surface area is 155 Å². The van der Waals surface area contributed by atoms with Gasteiger partial charge in [0.25, 0.3) is 11.7 Å². The minimum Gasteiger partial charge on any atom is -0.499 e. The number of rotatable bonds is 5. The van der Waals surface area contributed by atoms with Crippen LogP contribution in [0.3, 0.4) is 0 Å². The highest BCUT2D eigenvalue weighted by Gasteiger charge is 2.49. The van der Waals surface area contributed by atoms with Gasteiger partial charge in [-0.05, 0) is 12.1 Å². The Morgan fingerprint density at radius 1 is 1.30 bits per heavy atom. The Morgan fingerprint density at radius 3 is 2.78 bits per heavy atom. The molecule has 0 spiro atoms. The van der Waals surface area contributed by atoms with Gasteiger partial charge in [-0.1, -0.05) is 6.07 Å². The SMILES string of the molecule is COC1=CC=NC2=[N+](C)C(=O)N(CC(=O)Nc3cccc(OC)c3)C(=O)C12. The van der Waals surface area contributed by atoms with E-state index in [9.17, 15) is 14.4 Å². The third-order valence-corrected chi connectivity index (χ3v) is 4.25. The van der Waals surface area contributed by atoms with E-state index in [-0.39, 0.29) is 5.84 Å². The number of nitrogens with one attached hydrogen (secondary N) is 1. The van der Waals surface area contributed by atoms with Gasteiger partial charge in [-0.2, -0.15) is 9.48 Å². The molecule has 1 unspecified atom stereocenters. The maximum Gasteiger partial charge on any atom is 0.446 e. The second-order valence-corrected chi connectivity index (χ2v) is 5.89. The van der Waals surface area contributed by atoms with E-state index in [4.69, 9.17) is 9.47 Å². The quantitative estimate of drug-likeness (QED) is 0.774. The molecule has 0 aromatic heterocycles. The zero-order chi connectivity index (χ0) is 19.6. The van der Waals surface area contributed by atoms with Crippen molar-refractivity contribution < 1.29 is 28.4 Å². The molecule has 1 N–H and O–H groups in total. The van der Waals surface area contributed by atoms with E-state index < -0.39 is 30.3 Å². The molecule has 27 heavy (non-hydrogen) atoms. The Morgan fingerprint density at radius 2 is 2.07 bits per heavy atom. The lowest BCUT2D eigenvalue weighted by atomic mass is 9.99. The number of dihydropyridines is 1. The molecular formula is C18H19N4O5+. The lowest BCUT2D eigenvalue weighted by Gasteiger charge is -2.27. The maximum absolute atomic E-state index is 12.8. The standard InChI is InChI=1S/C18H18N4O5/c1-21-16-15(13(27-3)7-8-19-16)17(24)22(18(21)25)10-14(23)20-11-5-4-6-12(9-11)26-2/h4-9,15H,10H2,1-3H3/p+1. The molecule has 0 bridgehead atoms. The number of ether oxygens (including phenoxy) is 2. The van der Waals surface area contributed by atoms with Crippen LogP contribution < -0.4 is 10.1 Å². The van der Waals surface area contributed by atoms with Crippen LogP contribution in [0.5, 0.6) is 5.75 Å². The van der Waals surface area contributed by atoms with Crippen LogP contribution in [0.25, 0.3) is 0 Å². The number of fused-ring (bicyclic) bond motifs is 1. The van der Waals surface area contributed by atoms with E-state index in [0.29, 0.717) is 17.2 Å². The summed E-state index contributed by atoms with van der Waals surface area (Å²) >= 11 is 0. The molecule has 140 valence electrons. The van der Waals surface area contributed by atoms with Crippen molar-refractivity contribution in [1.82, 2.24) is 4.90 Å². The minimum absolute atomic E-state index is 0.272. The van der Waals surface area contributed by atoms with Crippen LogP contribution in [0, 0.1) is 5.92 Å². The van der Waals surface area contributed by atoms with Crippen molar-refractivity contribution in [2.45, 2.75) is 0 Å². The van der Waals surface area contributed by atoms with Crippen molar-refractivity contribution in [3.05, 3.63) is 36.1 Å². The van der Waals surface area contributed by atoms with Crippen molar-refractivity contribution in [2.24, 2.45) is 10.9 Å². The zero-order valence-electron chi connectivity index (χ0n) is 15.1. The molecule has 0 saturated heterocycles. The van der Waals surface area contributed by atoms with Gasteiger partial charge < -0.3 is 14.8 Å². The molecular weight excluding hydrogens is 352 g/mol. The van der Waals surface area contributed by atoms with E-state index in [1.807, 2.05) is 0 Å². The van der Waals surface area contributed by atoms with E-state index in [1.165, 1.54) is 32.1 Å². The summed E-state index contributed by atoms with van der Waals surface area (Å²) in [6.07, 6.45) is 3.02. The number of nitrogens with zero attached hydrogens (tertiary/aromatic N) is 3. The molecule has 4 amide bonds. The second-order valence-electron chi connectivity index (χ2n) is 5.89. The number of hydrogen-bond acceptors (Lipinski definition) is 6. The monoisotopic (exact) mass is 371 g/mol. The minimum atomic E-state index is -0.854. The number of imide groups is 1. The topological polar surface area (TPSA) is 100 Å². The number of anilines is 1. The first-order valence-electron chi connectivity index (χ1n) is 8.14. The summed E-state index contributed by atoms with van der Waals surface area (Å²) < 4.78 is 11.6. The van der Waals surface area contributed by atoms with E-state index in [0.717, 1.165) is 4.90 Å². The Balaban J connectivity index is 1.80. The predicted octanol–water partition coefficient (Wildman–Crippen LogP) is 0.868. The van der Waals surface area contributed by atoms with E-state index in [1.54, 1.807) is 30.3 Å². The van der Waals surface area contributed by atoms with E-state index in [2.05, 4.69) is 10.3 Å². The molecule has 9 nitrogen and oxygen atoms in total. The summed E-state index contributed by atoms with van der Waals surface area (Å²) in [7, 11) is 4.45. The Hall–Kier alpha value is -3.49. The van der Waals surface area contributed by atoms with Gasteiger partial charge in [0.05, 0.1) is 21.3 Å². The lowest BCUT2D eigenvalue weighted by Crippen LogP contribution is -2.56. The number of carbonyl (C=O) groups excluding carboxylic acids is 3. The molecule has 0 aliphatic carbocycles. The number of carbonyl (C=O) groups is 3. The van der Waals surface area contributed by atoms with Crippen LogP contribution in [0.4, 0.5) is 10.5 Å². The number of hydrogen-bond donors (Lipinski definition) is 1. The fourth-order valence-electron chi connectivity index (χ4n) is 2.90. The molecule has 2 aliphatic rings. The molecule has 2 aliphatic heterocycles. The summed E-state index contributed by atoms with van der Waals surface area (Å²) in [6.45, 7) is -0.427. The first-order valence-corrected chi connectivity index (χ1v) is 8.14. The molecule has 9 heteroatoms. The smallest absolute Gasteiger partial charge is 0.446 e. The highest BCUT2D eigenvalue weighted by atomic mass is 16.5. The number of allylic oxidation sites excluding steroid dienone is 1. The van der Waals surface area contributed by atoms with Gasteiger partial charge in [0.2, 0.25) is 0 Å². The average molecular weight is 371 g/mol. The van der Waals surface area contributed by atoms with Crippen LogP contribution >= 0.6 is 0 Å². The lowest BCUT2D eigenvalue weighted by molar-refractivity contribution is -0.408. The number of methoxy groups -OCH3 is 2. The van der Waals surface area contributed by atoms with Gasteiger partial charge in [0, 0.05) is 17.8 Å². The van der Waals surface area contributed by atoms with E-state index >= 15 is 0 Å². The first kappa shape index (κ1) is 18.3. The number of urea groups is 1. The average Bonchev–Trinajstić information content (AvgIpc) is 2.69. The number of amides is 4. The van der Waals surface area contributed by atoms with Crippen molar-refractivity contribution in [3.63, 3.8) is 0 Å². The van der Waals surface area contributed by atoms with Crippen molar-refractivity contribution in [1.29, 1.82) is 0 Å². The summed E-state index contributed by atoms with van der Waals surface area (Å²) in [5.41, 5.74) is 0.497. The highest BCUT2D eigenvalue weighted by Crippen LogP contribution is 2.24. The van der Waals surface area contributed by atoms with Gasteiger partial charge >= 0.3 is 11.9 Å². The zero-order valence-corrected chi connectivity index (χ0v) is 15.1. The largest absolute Gasteiger partial charge is 0.499 e. The fourth-order valence-corrected chi connectivity index (χ4v) is 2.90. The normalized spacial score (nSPS) is 18.9. The number of aliphatic imine (C=N–C) groups is 1. The molecule has 0 saturated carbocycles. The fraction of sp³-hybridized carbons (Fsp3) is 0.278. The first-order chi connectivity index (χ1) is 13.0. The van der Waals surface area contributed by atoms with Gasteiger partial charge in [0.1, 0.15) is 17.7 Å². The number of benzene rings is 1. The molecule has 2 heterocycles. The van der Waals surface area contributed by atoms with Crippen LogP contribution in [0.2, 0.25) is 0 Å². The summed E-state index contributed by atoms with van der Waals surface area (Å²) in [5, 5.41) is 2.65. The number of amidine groups is 1. The predicted molar refractivity (Wildman–Crippen MR) is 97.0 cm³/mol. The maximum atomic E-state index is 12.8. The summed E-state index contributed by atoms with van der Waals surface area (Å²) in [5.74, 6) is -0.710. The molecule has 1 aromatic carbocycles. The molecule has 1 atom stereocenters. The summed E-state index contributed by atoms with van der Waals surface area (Å²) in [4.78, 5) is 42.8.